The summed E-state index contributed by atoms with van der Waals surface area (Å²) in [5, 5.41) is 0. The van der Waals surface area contributed by atoms with E-state index in [9.17, 15) is 9.59 Å². The van der Waals surface area contributed by atoms with E-state index >= 15 is 0 Å². The van der Waals surface area contributed by atoms with E-state index in [1.165, 1.54) is 0 Å². The van der Waals surface area contributed by atoms with Gasteiger partial charge in [-0.25, -0.2) is 0 Å². The molecule has 0 bridgehead atoms. The average molecular weight is 288 g/mol. The first kappa shape index (κ1) is 14.1. The average Bonchev–Trinajstić information content (AvgIpc) is 3.09. The van der Waals surface area contributed by atoms with Gasteiger partial charge in [0.2, 0.25) is 0 Å². The number of hydrogen-bond acceptors (Lipinski definition) is 3. The number of rotatable bonds is 2. The van der Waals surface area contributed by atoms with E-state index in [1.54, 1.807) is 0 Å². The standard InChI is InChI=1S/C16H20N2O3/c19-15(13-5-2-1-3-6-13)17-8-10-18(11-9-17)16(20)14-7-4-12-21-14/h1-3,5-6,14H,4,7-12H2. The van der Waals surface area contributed by atoms with Gasteiger partial charge in [0.25, 0.3) is 11.8 Å². The van der Waals surface area contributed by atoms with Crippen molar-refractivity contribution in [1.29, 1.82) is 0 Å². The Morgan fingerprint density at radius 3 is 2.29 bits per heavy atom. The molecule has 1 unspecified atom stereocenters. The molecule has 2 aliphatic heterocycles. The third-order valence-corrected chi connectivity index (χ3v) is 4.10. The van der Waals surface area contributed by atoms with Crippen molar-refractivity contribution in [2.24, 2.45) is 0 Å². The monoisotopic (exact) mass is 288 g/mol. The Hall–Kier alpha value is -1.88. The maximum Gasteiger partial charge on any atom is 0.253 e. The number of hydrogen-bond donors (Lipinski definition) is 0. The van der Waals surface area contributed by atoms with Crippen molar-refractivity contribution in [3.63, 3.8) is 0 Å². The summed E-state index contributed by atoms with van der Waals surface area (Å²) >= 11 is 0. The third kappa shape index (κ3) is 3.08. The van der Waals surface area contributed by atoms with Crippen molar-refractivity contribution in [2.75, 3.05) is 32.8 Å². The topological polar surface area (TPSA) is 49.9 Å². The van der Waals surface area contributed by atoms with Gasteiger partial charge in [-0.05, 0) is 25.0 Å². The molecule has 5 heteroatoms. The van der Waals surface area contributed by atoms with Crippen LogP contribution in [0.1, 0.15) is 23.2 Å². The quantitative estimate of drug-likeness (QED) is 0.820. The lowest BCUT2D eigenvalue weighted by Gasteiger charge is -2.35. The fourth-order valence-corrected chi connectivity index (χ4v) is 2.87. The largest absolute Gasteiger partial charge is 0.368 e. The van der Waals surface area contributed by atoms with Gasteiger partial charge < -0.3 is 14.5 Å². The van der Waals surface area contributed by atoms with Crippen LogP contribution in [0.3, 0.4) is 0 Å². The number of piperazine rings is 1. The number of benzene rings is 1. The van der Waals surface area contributed by atoms with Crippen LogP contribution in [-0.2, 0) is 9.53 Å². The molecule has 0 radical (unpaired) electrons. The molecule has 0 N–H and O–H groups in total. The van der Waals surface area contributed by atoms with Gasteiger partial charge in [0.1, 0.15) is 6.10 Å². The fourth-order valence-electron chi connectivity index (χ4n) is 2.87. The Kier molecular flexibility index (Phi) is 4.20. The number of ether oxygens (including phenoxy) is 1. The number of carbonyl (C=O) groups excluding carboxylic acids is 2. The molecule has 0 saturated carbocycles. The zero-order valence-corrected chi connectivity index (χ0v) is 12.0. The van der Waals surface area contributed by atoms with Gasteiger partial charge in [-0.3, -0.25) is 9.59 Å². The van der Waals surface area contributed by atoms with Gasteiger partial charge in [0.05, 0.1) is 0 Å². The van der Waals surface area contributed by atoms with Crippen LogP contribution in [0.5, 0.6) is 0 Å². The highest BCUT2D eigenvalue weighted by Gasteiger charge is 2.31. The van der Waals surface area contributed by atoms with Crippen LogP contribution in [-0.4, -0.2) is 60.5 Å². The van der Waals surface area contributed by atoms with Crippen LogP contribution in [0.4, 0.5) is 0 Å². The molecule has 5 nitrogen and oxygen atoms in total. The molecule has 1 aromatic rings. The van der Waals surface area contributed by atoms with E-state index in [1.807, 2.05) is 40.1 Å². The van der Waals surface area contributed by atoms with Gasteiger partial charge in [-0.2, -0.15) is 0 Å². The number of nitrogens with zero attached hydrogens (tertiary/aromatic N) is 2. The highest BCUT2D eigenvalue weighted by molar-refractivity contribution is 5.94. The van der Waals surface area contributed by atoms with Crippen LogP contribution in [0.25, 0.3) is 0 Å². The van der Waals surface area contributed by atoms with Crippen molar-refractivity contribution in [1.82, 2.24) is 9.80 Å². The second kappa shape index (κ2) is 6.26. The minimum Gasteiger partial charge on any atom is -0.368 e. The van der Waals surface area contributed by atoms with Gasteiger partial charge >= 0.3 is 0 Å². The first-order valence-electron chi connectivity index (χ1n) is 7.50. The smallest absolute Gasteiger partial charge is 0.253 e. The summed E-state index contributed by atoms with van der Waals surface area (Å²) in [5.41, 5.74) is 0.705. The second-order valence-electron chi connectivity index (χ2n) is 5.49. The minimum absolute atomic E-state index is 0.0415. The first-order valence-corrected chi connectivity index (χ1v) is 7.50. The lowest BCUT2D eigenvalue weighted by atomic mass is 10.1. The maximum atomic E-state index is 12.3. The fraction of sp³-hybridized carbons (Fsp3) is 0.500. The lowest BCUT2D eigenvalue weighted by Crippen LogP contribution is -2.52. The van der Waals surface area contributed by atoms with Crippen molar-refractivity contribution in [3.8, 4) is 0 Å². The normalized spacial score (nSPS) is 22.4. The molecule has 0 spiro atoms. The zero-order chi connectivity index (χ0) is 14.7. The summed E-state index contributed by atoms with van der Waals surface area (Å²) < 4.78 is 5.44. The maximum absolute atomic E-state index is 12.3. The van der Waals surface area contributed by atoms with E-state index in [0.717, 1.165) is 12.8 Å². The van der Waals surface area contributed by atoms with Crippen molar-refractivity contribution in [2.45, 2.75) is 18.9 Å². The van der Waals surface area contributed by atoms with Crippen LogP contribution in [0, 0.1) is 0 Å². The molecule has 21 heavy (non-hydrogen) atoms. The van der Waals surface area contributed by atoms with Crippen molar-refractivity contribution in [3.05, 3.63) is 35.9 Å². The first-order chi connectivity index (χ1) is 10.3. The molecule has 1 aromatic carbocycles. The lowest BCUT2D eigenvalue weighted by molar-refractivity contribution is -0.142. The van der Waals surface area contributed by atoms with E-state index in [4.69, 9.17) is 4.74 Å². The number of carbonyl (C=O) groups is 2. The van der Waals surface area contributed by atoms with Gasteiger partial charge in [0, 0.05) is 38.3 Å². The highest BCUT2D eigenvalue weighted by Crippen LogP contribution is 2.16. The van der Waals surface area contributed by atoms with Crippen LogP contribution >= 0.6 is 0 Å². The zero-order valence-electron chi connectivity index (χ0n) is 12.0. The molecule has 2 heterocycles. The Bertz CT molecular complexity index is 504. The van der Waals surface area contributed by atoms with Gasteiger partial charge in [0.15, 0.2) is 0 Å². The van der Waals surface area contributed by atoms with Crippen molar-refractivity contribution >= 4 is 11.8 Å². The Labute approximate surface area is 124 Å². The SMILES string of the molecule is O=C(c1ccccc1)N1CCN(C(=O)C2CCCO2)CC1. The van der Waals surface area contributed by atoms with Crippen LogP contribution in [0.15, 0.2) is 30.3 Å². The Balaban J connectivity index is 1.55. The second-order valence-corrected chi connectivity index (χ2v) is 5.49. The molecule has 0 aliphatic carbocycles. The summed E-state index contributed by atoms with van der Waals surface area (Å²) in [5.74, 6) is 0.124. The van der Waals surface area contributed by atoms with E-state index < -0.39 is 0 Å². The van der Waals surface area contributed by atoms with Gasteiger partial charge in [-0.1, -0.05) is 18.2 Å². The van der Waals surface area contributed by atoms with Gasteiger partial charge in [-0.15, -0.1) is 0 Å². The summed E-state index contributed by atoms with van der Waals surface area (Å²) in [4.78, 5) is 28.2. The summed E-state index contributed by atoms with van der Waals surface area (Å²) in [6.07, 6.45) is 1.52. The third-order valence-electron chi connectivity index (χ3n) is 4.10. The molecule has 0 aromatic heterocycles. The predicted octanol–water partition coefficient (Wildman–Crippen LogP) is 1.15. The molecular weight excluding hydrogens is 268 g/mol. The van der Waals surface area contributed by atoms with Crippen LogP contribution < -0.4 is 0 Å². The summed E-state index contributed by atoms with van der Waals surface area (Å²) in [6.45, 7) is 3.05. The molecule has 3 rings (SSSR count). The summed E-state index contributed by atoms with van der Waals surface area (Å²) in [6, 6.07) is 9.28. The van der Waals surface area contributed by atoms with Crippen molar-refractivity contribution < 1.29 is 14.3 Å². The van der Waals surface area contributed by atoms with E-state index in [0.29, 0.717) is 38.3 Å². The predicted molar refractivity (Wildman–Crippen MR) is 77.9 cm³/mol. The summed E-state index contributed by atoms with van der Waals surface area (Å²) in [7, 11) is 0. The minimum atomic E-state index is -0.263. The van der Waals surface area contributed by atoms with E-state index in [-0.39, 0.29) is 17.9 Å². The highest BCUT2D eigenvalue weighted by atomic mass is 16.5. The molecule has 2 saturated heterocycles. The van der Waals surface area contributed by atoms with Crippen LogP contribution in [0.2, 0.25) is 0 Å². The Morgan fingerprint density at radius 2 is 1.67 bits per heavy atom. The molecule has 1 atom stereocenters. The molecule has 112 valence electrons. The van der Waals surface area contributed by atoms with E-state index in [2.05, 4.69) is 0 Å². The molecular formula is C16H20N2O3. The Morgan fingerprint density at radius 1 is 1.00 bits per heavy atom. The number of amides is 2. The molecule has 2 aliphatic rings. The molecule has 2 fully saturated rings. The molecule has 2 amide bonds.